The van der Waals surface area contributed by atoms with Crippen molar-refractivity contribution in [1.82, 2.24) is 0 Å². The second-order valence-electron chi connectivity index (χ2n) is 17.2. The number of ether oxygens (including phenoxy) is 2. The van der Waals surface area contributed by atoms with Crippen molar-refractivity contribution in [3.63, 3.8) is 0 Å². The first-order valence-corrected chi connectivity index (χ1v) is 25.3. The molecule has 0 heterocycles. The SMILES string of the molecule is CCCCCCCCCCCCCCCCCC(=O)OC(C)[N+](C(C)C)(C(C)C)C(C)OC(=O)CCCCCCCCCCCCCCCCC.COS(=O)(=O)[O-]. The number of hydrogen-bond acceptors (Lipinski definition) is 8. The Morgan fingerprint density at radius 2 is 0.632 bits per heavy atom. The van der Waals surface area contributed by atoms with E-state index < -0.39 is 10.4 Å². The molecule has 0 amide bonds. The normalized spacial score (nSPS) is 13.1. The Hall–Kier alpha value is -1.23. The lowest BCUT2D eigenvalue weighted by Crippen LogP contribution is -2.68. The standard InChI is InChI=1S/C46H92NO4.CH4O4S/c1-9-11-13-15-17-19-21-23-25-27-29-31-33-35-37-39-45(48)50-43(7)47(41(3)4,42(5)6)44(8)51-46(49)40-38-36-34-32-30-28-26-24-22-20-18-16-14-12-10-2;1-5-6(2,3)4/h41-44H,9-40H2,1-8H3;1H3,(H,2,3,4)/q+1;/p-1. The zero-order valence-electron chi connectivity index (χ0n) is 39.1. The van der Waals surface area contributed by atoms with Crippen molar-refractivity contribution >= 4 is 22.3 Å². The molecule has 0 saturated carbocycles. The van der Waals surface area contributed by atoms with Crippen molar-refractivity contribution < 1.29 is 40.7 Å². The van der Waals surface area contributed by atoms with Gasteiger partial charge in [0.05, 0.1) is 19.2 Å². The predicted molar refractivity (Wildman–Crippen MR) is 237 cm³/mol. The maximum atomic E-state index is 13.0. The third-order valence-corrected chi connectivity index (χ3v) is 12.2. The number of nitrogens with zero attached hydrogens (tertiary/aromatic N) is 1. The number of unbranched alkanes of at least 4 members (excludes halogenated alkanes) is 28. The van der Waals surface area contributed by atoms with Crippen LogP contribution in [0.1, 0.15) is 261 Å². The Morgan fingerprint density at radius 3 is 0.807 bits per heavy atom. The minimum Gasteiger partial charge on any atom is -0.726 e. The molecule has 10 heteroatoms. The zero-order chi connectivity index (χ0) is 43.2. The van der Waals surface area contributed by atoms with Crippen LogP contribution in [-0.2, 0) is 33.6 Å². The van der Waals surface area contributed by atoms with Gasteiger partial charge >= 0.3 is 11.9 Å². The van der Waals surface area contributed by atoms with E-state index in [-0.39, 0.29) is 36.5 Å². The smallest absolute Gasteiger partial charge is 0.310 e. The number of esters is 2. The first-order valence-electron chi connectivity index (χ1n) is 24.0. The number of carbonyl (C=O) groups is 2. The lowest BCUT2D eigenvalue weighted by Gasteiger charge is -2.51. The van der Waals surface area contributed by atoms with Gasteiger partial charge in [-0.25, -0.2) is 12.9 Å². The second kappa shape index (κ2) is 38.9. The largest absolute Gasteiger partial charge is 0.726 e. The van der Waals surface area contributed by atoms with Gasteiger partial charge in [-0.1, -0.05) is 194 Å². The third-order valence-electron chi connectivity index (χ3n) is 11.8. The van der Waals surface area contributed by atoms with E-state index in [2.05, 4.69) is 45.7 Å². The first kappa shape index (κ1) is 57.9. The number of quaternary nitrogens is 1. The lowest BCUT2D eigenvalue weighted by molar-refractivity contribution is -1.04. The minimum atomic E-state index is -4.41. The topological polar surface area (TPSA) is 119 Å². The molecule has 0 fully saturated rings. The summed E-state index contributed by atoms with van der Waals surface area (Å²) in [6.07, 6.45) is 39.5. The fraction of sp³-hybridized carbons (Fsp3) is 0.957. The molecule has 0 spiro atoms. The van der Waals surface area contributed by atoms with Gasteiger partial charge in [-0.3, -0.25) is 13.8 Å². The molecule has 342 valence electrons. The highest BCUT2D eigenvalue weighted by Crippen LogP contribution is 2.31. The van der Waals surface area contributed by atoms with Crippen LogP contribution in [-0.4, -0.2) is 61.0 Å². The molecule has 0 rings (SSSR count). The van der Waals surface area contributed by atoms with Crippen molar-refractivity contribution in [2.24, 2.45) is 0 Å². The van der Waals surface area contributed by atoms with E-state index in [4.69, 9.17) is 9.47 Å². The quantitative estimate of drug-likeness (QED) is 0.0150. The average Bonchev–Trinajstić information content (AvgIpc) is 3.14. The van der Waals surface area contributed by atoms with Crippen molar-refractivity contribution in [1.29, 1.82) is 0 Å². The minimum absolute atomic E-state index is 0.127. The molecule has 0 aromatic heterocycles. The Labute approximate surface area is 354 Å². The Balaban J connectivity index is 0. The Kier molecular flexibility index (Phi) is 39.5. The summed E-state index contributed by atoms with van der Waals surface area (Å²) < 4.78 is 43.6. The molecular weight excluding hydrogens is 739 g/mol. The molecule has 0 aromatic carbocycles. The van der Waals surface area contributed by atoms with Crippen molar-refractivity contribution in [2.75, 3.05) is 7.11 Å². The molecule has 9 nitrogen and oxygen atoms in total. The molecule has 0 aliphatic carbocycles. The summed E-state index contributed by atoms with van der Waals surface area (Å²) in [4.78, 5) is 25.9. The molecule has 0 bridgehead atoms. The van der Waals surface area contributed by atoms with Gasteiger partial charge < -0.3 is 14.0 Å². The summed E-state index contributed by atoms with van der Waals surface area (Å²) in [5.41, 5.74) is 0. The Morgan fingerprint density at radius 1 is 0.439 bits per heavy atom. The fourth-order valence-electron chi connectivity index (χ4n) is 8.53. The van der Waals surface area contributed by atoms with E-state index in [1.165, 1.54) is 167 Å². The highest BCUT2D eigenvalue weighted by atomic mass is 32.3. The maximum Gasteiger partial charge on any atom is 0.310 e. The number of hydrogen-bond donors (Lipinski definition) is 0. The van der Waals surface area contributed by atoms with Gasteiger partial charge in [0.25, 0.3) is 0 Å². The van der Waals surface area contributed by atoms with Gasteiger partial charge in [-0.2, -0.15) is 0 Å². The zero-order valence-corrected chi connectivity index (χ0v) is 39.9. The van der Waals surface area contributed by atoms with E-state index in [0.717, 1.165) is 32.8 Å². The van der Waals surface area contributed by atoms with E-state index in [0.29, 0.717) is 17.3 Å². The molecule has 0 aliphatic heterocycles. The number of carbonyl (C=O) groups excluding carboxylic acids is 2. The highest BCUT2D eigenvalue weighted by Gasteiger charge is 2.48. The monoisotopic (exact) mass is 834 g/mol. The summed E-state index contributed by atoms with van der Waals surface area (Å²) in [6.45, 7) is 17.1. The van der Waals surface area contributed by atoms with Crippen molar-refractivity contribution in [3.05, 3.63) is 0 Å². The van der Waals surface area contributed by atoms with Crippen LogP contribution in [0.4, 0.5) is 0 Å². The average molecular weight is 834 g/mol. The molecule has 2 unspecified atom stereocenters. The molecule has 0 radical (unpaired) electrons. The van der Waals surface area contributed by atoms with Gasteiger partial charge in [0.2, 0.25) is 22.9 Å². The summed E-state index contributed by atoms with van der Waals surface area (Å²) >= 11 is 0. The third kappa shape index (κ3) is 33.2. The van der Waals surface area contributed by atoms with E-state index in [1.807, 2.05) is 13.8 Å². The molecule has 0 N–H and O–H groups in total. The van der Waals surface area contributed by atoms with Crippen LogP contribution >= 0.6 is 0 Å². The number of rotatable bonds is 39. The summed E-state index contributed by atoms with van der Waals surface area (Å²) in [6, 6.07) is 0.263. The highest BCUT2D eigenvalue weighted by molar-refractivity contribution is 7.80. The van der Waals surface area contributed by atoms with Crippen LogP contribution in [0.3, 0.4) is 0 Å². The van der Waals surface area contributed by atoms with Crippen LogP contribution < -0.4 is 0 Å². The molecule has 2 atom stereocenters. The molecule has 0 saturated heterocycles. The van der Waals surface area contributed by atoms with Gasteiger partial charge in [0.15, 0.2) is 0 Å². The van der Waals surface area contributed by atoms with E-state index in [9.17, 15) is 22.6 Å². The van der Waals surface area contributed by atoms with E-state index >= 15 is 0 Å². The van der Waals surface area contributed by atoms with Gasteiger partial charge in [-0.05, 0) is 40.5 Å². The molecule has 57 heavy (non-hydrogen) atoms. The van der Waals surface area contributed by atoms with Crippen molar-refractivity contribution in [3.8, 4) is 0 Å². The van der Waals surface area contributed by atoms with Crippen LogP contribution in [0.25, 0.3) is 0 Å². The summed E-state index contributed by atoms with van der Waals surface area (Å²) in [5, 5.41) is 0. The molecular formula is C47H95NO8S. The maximum absolute atomic E-state index is 13.0. The summed E-state index contributed by atoms with van der Waals surface area (Å²) in [7, 11) is -3.60. The predicted octanol–water partition coefficient (Wildman–Crippen LogP) is 14.0. The van der Waals surface area contributed by atoms with E-state index in [1.54, 1.807) is 0 Å². The molecule has 0 aromatic rings. The summed E-state index contributed by atoms with van der Waals surface area (Å²) in [5.74, 6) is -0.255. The van der Waals surface area contributed by atoms with Gasteiger partial charge in [-0.15, -0.1) is 0 Å². The lowest BCUT2D eigenvalue weighted by atomic mass is 10.0. The van der Waals surface area contributed by atoms with Gasteiger partial charge in [0, 0.05) is 26.7 Å². The first-order chi connectivity index (χ1) is 27.2. The van der Waals surface area contributed by atoms with Crippen molar-refractivity contribution in [2.45, 2.75) is 285 Å². The fourth-order valence-corrected chi connectivity index (χ4v) is 8.53. The molecule has 0 aliphatic rings. The van der Waals surface area contributed by atoms with Crippen LogP contribution in [0.15, 0.2) is 0 Å². The van der Waals surface area contributed by atoms with Crippen LogP contribution in [0, 0.1) is 0 Å². The Bertz CT molecular complexity index is 955. The van der Waals surface area contributed by atoms with Gasteiger partial charge in [0.1, 0.15) is 0 Å². The van der Waals surface area contributed by atoms with Crippen LogP contribution in [0.2, 0.25) is 0 Å². The van der Waals surface area contributed by atoms with Crippen LogP contribution in [0.5, 0.6) is 0 Å². The second-order valence-corrected chi connectivity index (χ2v) is 18.4.